The number of hydrogen-bond donors (Lipinski definition) is 1. The zero-order valence-corrected chi connectivity index (χ0v) is 15.0. The molecule has 0 saturated heterocycles. The third-order valence-electron chi connectivity index (χ3n) is 2.86. The van der Waals surface area contributed by atoms with Crippen molar-refractivity contribution in [3.8, 4) is 0 Å². The molecule has 0 saturated carbocycles. The molecule has 0 aliphatic heterocycles. The van der Waals surface area contributed by atoms with E-state index in [4.69, 9.17) is 4.74 Å². The minimum absolute atomic E-state index is 0.191. The summed E-state index contributed by atoms with van der Waals surface area (Å²) in [4.78, 5) is 24.9. The molecule has 2 rings (SSSR count). The number of thiophene rings is 1. The highest BCUT2D eigenvalue weighted by atomic mass is 32.2. The third-order valence-corrected chi connectivity index (χ3v) is 5.96. The fraction of sp³-hybridized carbons (Fsp3) is 0.385. The van der Waals surface area contributed by atoms with Crippen molar-refractivity contribution in [1.29, 1.82) is 0 Å². The van der Waals surface area contributed by atoms with E-state index in [9.17, 15) is 9.59 Å². The molecule has 22 heavy (non-hydrogen) atoms. The SMILES string of the molecule is COC(=O)c1c(NC(=O)CSc2nnc(C)s2)sc(C)c1C. The number of esters is 1. The van der Waals surface area contributed by atoms with Gasteiger partial charge >= 0.3 is 5.97 Å². The number of amides is 1. The minimum atomic E-state index is -0.440. The van der Waals surface area contributed by atoms with E-state index in [1.807, 2.05) is 20.8 Å². The molecule has 0 bridgehead atoms. The number of nitrogens with one attached hydrogen (secondary N) is 1. The van der Waals surface area contributed by atoms with E-state index in [0.717, 1.165) is 19.8 Å². The Balaban J connectivity index is 2.05. The van der Waals surface area contributed by atoms with Crippen molar-refractivity contribution in [2.24, 2.45) is 0 Å². The number of hydrogen-bond acceptors (Lipinski definition) is 8. The summed E-state index contributed by atoms with van der Waals surface area (Å²) in [6, 6.07) is 0. The van der Waals surface area contributed by atoms with Gasteiger partial charge in [0.15, 0.2) is 4.34 Å². The molecule has 1 N–H and O–H groups in total. The van der Waals surface area contributed by atoms with Gasteiger partial charge in [0.2, 0.25) is 5.91 Å². The monoisotopic (exact) mass is 357 g/mol. The first-order chi connectivity index (χ1) is 10.4. The number of rotatable bonds is 5. The smallest absolute Gasteiger partial charge is 0.341 e. The Labute approximate surface area is 140 Å². The Morgan fingerprint density at radius 3 is 2.55 bits per heavy atom. The molecule has 2 aromatic rings. The maximum atomic E-state index is 12.1. The number of carbonyl (C=O) groups is 2. The summed E-state index contributed by atoms with van der Waals surface area (Å²) in [5, 5.41) is 12.0. The number of nitrogens with zero attached hydrogens (tertiary/aromatic N) is 2. The van der Waals surface area contributed by atoms with Gasteiger partial charge in [-0.15, -0.1) is 21.5 Å². The summed E-state index contributed by atoms with van der Waals surface area (Å²) in [5.41, 5.74) is 1.26. The molecule has 6 nitrogen and oxygen atoms in total. The van der Waals surface area contributed by atoms with Crippen LogP contribution >= 0.6 is 34.4 Å². The second-order valence-electron chi connectivity index (χ2n) is 4.40. The van der Waals surface area contributed by atoms with E-state index in [-0.39, 0.29) is 11.7 Å². The van der Waals surface area contributed by atoms with Crippen LogP contribution in [0, 0.1) is 20.8 Å². The predicted molar refractivity (Wildman–Crippen MR) is 89.1 cm³/mol. The Morgan fingerprint density at radius 2 is 1.95 bits per heavy atom. The van der Waals surface area contributed by atoms with E-state index in [1.165, 1.54) is 41.5 Å². The van der Waals surface area contributed by atoms with Crippen molar-refractivity contribution in [2.45, 2.75) is 25.1 Å². The zero-order valence-electron chi connectivity index (χ0n) is 12.6. The average Bonchev–Trinajstić information content (AvgIpc) is 3.01. The normalized spacial score (nSPS) is 10.5. The van der Waals surface area contributed by atoms with Gasteiger partial charge in [0.25, 0.3) is 0 Å². The number of thioether (sulfide) groups is 1. The van der Waals surface area contributed by atoms with Gasteiger partial charge in [0, 0.05) is 4.88 Å². The van der Waals surface area contributed by atoms with Crippen LogP contribution in [0.1, 0.15) is 25.8 Å². The van der Waals surface area contributed by atoms with Gasteiger partial charge in [0.1, 0.15) is 10.0 Å². The molecule has 118 valence electrons. The molecule has 0 atom stereocenters. The number of aromatic nitrogens is 2. The maximum absolute atomic E-state index is 12.1. The number of carbonyl (C=O) groups excluding carboxylic acids is 2. The molecule has 1 amide bonds. The molecular weight excluding hydrogens is 342 g/mol. The zero-order chi connectivity index (χ0) is 16.3. The molecule has 0 aliphatic rings. The quantitative estimate of drug-likeness (QED) is 0.654. The van der Waals surface area contributed by atoms with Gasteiger partial charge < -0.3 is 10.1 Å². The molecule has 2 heterocycles. The molecule has 0 aliphatic carbocycles. The lowest BCUT2D eigenvalue weighted by molar-refractivity contribution is -0.113. The largest absolute Gasteiger partial charge is 0.465 e. The topological polar surface area (TPSA) is 81.2 Å². The average molecular weight is 357 g/mol. The lowest BCUT2D eigenvalue weighted by Gasteiger charge is -2.05. The first-order valence-corrected chi connectivity index (χ1v) is 8.95. The Hall–Kier alpha value is -1.45. The summed E-state index contributed by atoms with van der Waals surface area (Å²) in [6.45, 7) is 5.61. The van der Waals surface area contributed by atoms with Crippen molar-refractivity contribution in [3.63, 3.8) is 0 Å². The van der Waals surface area contributed by atoms with E-state index in [2.05, 4.69) is 15.5 Å². The van der Waals surface area contributed by atoms with Crippen LogP contribution in [0.25, 0.3) is 0 Å². The molecule has 2 aromatic heterocycles. The van der Waals surface area contributed by atoms with Gasteiger partial charge in [-0.05, 0) is 26.3 Å². The van der Waals surface area contributed by atoms with Crippen molar-refractivity contribution >= 4 is 51.3 Å². The highest BCUT2D eigenvalue weighted by Crippen LogP contribution is 2.33. The highest BCUT2D eigenvalue weighted by molar-refractivity contribution is 8.01. The number of anilines is 1. The second kappa shape index (κ2) is 7.21. The first-order valence-electron chi connectivity index (χ1n) is 6.33. The summed E-state index contributed by atoms with van der Waals surface area (Å²) in [6.07, 6.45) is 0. The van der Waals surface area contributed by atoms with Crippen LogP contribution < -0.4 is 5.32 Å². The van der Waals surface area contributed by atoms with Crippen LogP contribution in [-0.2, 0) is 9.53 Å². The molecule has 0 aromatic carbocycles. The summed E-state index contributed by atoms with van der Waals surface area (Å²) < 4.78 is 5.53. The molecule has 0 radical (unpaired) electrons. The lowest BCUT2D eigenvalue weighted by Crippen LogP contribution is -2.16. The number of ether oxygens (including phenoxy) is 1. The van der Waals surface area contributed by atoms with Crippen LogP contribution in [0.3, 0.4) is 0 Å². The number of methoxy groups -OCH3 is 1. The van der Waals surface area contributed by atoms with Crippen molar-refractivity contribution < 1.29 is 14.3 Å². The minimum Gasteiger partial charge on any atom is -0.465 e. The van der Waals surface area contributed by atoms with Crippen LogP contribution in [0.2, 0.25) is 0 Å². The molecule has 0 unspecified atom stereocenters. The summed E-state index contributed by atoms with van der Waals surface area (Å²) in [7, 11) is 1.33. The molecule has 0 fully saturated rings. The first kappa shape index (κ1) is 16.9. The molecule has 9 heteroatoms. The van der Waals surface area contributed by atoms with Crippen LogP contribution in [-0.4, -0.2) is 34.9 Å². The van der Waals surface area contributed by atoms with Crippen molar-refractivity contribution in [1.82, 2.24) is 10.2 Å². The lowest BCUT2D eigenvalue weighted by atomic mass is 10.1. The fourth-order valence-corrected chi connectivity index (χ4v) is 4.37. The fourth-order valence-electron chi connectivity index (χ4n) is 1.69. The highest BCUT2D eigenvalue weighted by Gasteiger charge is 2.21. The Kier molecular flexibility index (Phi) is 5.54. The second-order valence-corrected chi connectivity index (χ2v) is 8.03. The van der Waals surface area contributed by atoms with E-state index < -0.39 is 5.97 Å². The standard InChI is InChI=1S/C13H15N3O3S3/c1-6-7(2)21-11(10(6)12(18)19-4)14-9(17)5-20-13-16-15-8(3)22-13/h5H2,1-4H3,(H,14,17). The Bertz CT molecular complexity index is 709. The van der Waals surface area contributed by atoms with Crippen molar-refractivity contribution in [3.05, 3.63) is 21.0 Å². The molecular formula is C13H15N3O3S3. The van der Waals surface area contributed by atoms with Gasteiger partial charge in [-0.2, -0.15) is 0 Å². The molecule has 0 spiro atoms. The van der Waals surface area contributed by atoms with Gasteiger partial charge in [-0.25, -0.2) is 4.79 Å². The van der Waals surface area contributed by atoms with Crippen molar-refractivity contribution in [2.75, 3.05) is 18.2 Å². The van der Waals surface area contributed by atoms with Crippen LogP contribution in [0.15, 0.2) is 4.34 Å². The van der Waals surface area contributed by atoms with Gasteiger partial charge in [-0.3, -0.25) is 4.79 Å². The summed E-state index contributed by atoms with van der Waals surface area (Å²) >= 11 is 4.14. The maximum Gasteiger partial charge on any atom is 0.341 e. The van der Waals surface area contributed by atoms with E-state index in [1.54, 1.807) is 0 Å². The van der Waals surface area contributed by atoms with Gasteiger partial charge in [0.05, 0.1) is 18.4 Å². The Morgan fingerprint density at radius 1 is 1.23 bits per heavy atom. The number of aryl methyl sites for hydroxylation is 2. The van der Waals surface area contributed by atoms with E-state index >= 15 is 0 Å². The predicted octanol–water partition coefficient (Wildman–Crippen LogP) is 3.04. The van der Waals surface area contributed by atoms with Gasteiger partial charge in [-0.1, -0.05) is 23.1 Å². The summed E-state index contributed by atoms with van der Waals surface area (Å²) in [5.74, 6) is -0.417. The van der Waals surface area contributed by atoms with Crippen LogP contribution in [0.5, 0.6) is 0 Å². The van der Waals surface area contributed by atoms with E-state index in [0.29, 0.717) is 10.6 Å². The third kappa shape index (κ3) is 3.84. The van der Waals surface area contributed by atoms with Crippen LogP contribution in [0.4, 0.5) is 5.00 Å².